The van der Waals surface area contributed by atoms with E-state index in [1.807, 2.05) is 0 Å². The third-order valence-corrected chi connectivity index (χ3v) is 6.17. The van der Waals surface area contributed by atoms with E-state index in [1.165, 1.54) is 24.2 Å². The van der Waals surface area contributed by atoms with Crippen LogP contribution in [0.2, 0.25) is 0 Å². The number of rotatable bonds is 5. The van der Waals surface area contributed by atoms with Gasteiger partial charge < -0.3 is 9.64 Å². The van der Waals surface area contributed by atoms with Gasteiger partial charge >= 0.3 is 0 Å². The number of hydrogen-bond acceptors (Lipinski definition) is 3. The smallest absolute Gasteiger partial charge is 0.135 e. The highest BCUT2D eigenvalue weighted by atomic mass is 79.9. The molecule has 1 saturated carbocycles. The fraction of sp³-hybridized carbons (Fsp3) is 0.429. The Morgan fingerprint density at radius 3 is 2.52 bits per heavy atom. The lowest BCUT2D eigenvalue weighted by atomic mass is 10.1. The molecule has 1 heterocycles. The lowest BCUT2D eigenvalue weighted by molar-refractivity contribution is 0.246. The number of halogens is 1. The van der Waals surface area contributed by atoms with Crippen LogP contribution in [0.3, 0.4) is 0 Å². The highest BCUT2D eigenvalue weighted by molar-refractivity contribution is 9.10. The molecule has 0 radical (unpaired) electrons. The predicted octanol–water partition coefficient (Wildman–Crippen LogP) is 4.38. The van der Waals surface area contributed by atoms with Crippen LogP contribution < -0.4 is 9.64 Å². The molecule has 0 N–H and O–H groups in total. The van der Waals surface area contributed by atoms with E-state index in [4.69, 9.17) is 4.74 Å². The zero-order valence-corrected chi connectivity index (χ0v) is 16.3. The van der Waals surface area contributed by atoms with Gasteiger partial charge in [0.25, 0.3) is 0 Å². The molecule has 4 rings (SSSR count). The molecule has 2 atom stereocenters. The van der Waals surface area contributed by atoms with Gasteiger partial charge in [-0.15, -0.1) is 0 Å². The molecule has 2 fully saturated rings. The van der Waals surface area contributed by atoms with Crippen LogP contribution in [0, 0.1) is 5.92 Å². The second kappa shape index (κ2) is 7.38. The second-order valence-corrected chi connectivity index (χ2v) is 7.97. The standard InChI is InChI=1S/C21H25BrN2O/c1-25-21-14-18(7-8-20(21)22)24-11-9-23(10-12-24)15-17-13-19(17)16-5-3-2-4-6-16/h2-8,14,17,19H,9-13,15H2,1H3/t17-,19-/m0/s1. The number of anilines is 1. The summed E-state index contributed by atoms with van der Waals surface area (Å²) >= 11 is 3.53. The normalized spacial score (nSPS) is 23.5. The summed E-state index contributed by atoms with van der Waals surface area (Å²) in [5.74, 6) is 2.54. The molecule has 3 nitrogen and oxygen atoms in total. The molecule has 25 heavy (non-hydrogen) atoms. The first kappa shape index (κ1) is 16.9. The first-order chi connectivity index (χ1) is 12.2. The predicted molar refractivity (Wildman–Crippen MR) is 107 cm³/mol. The molecule has 1 aliphatic carbocycles. The van der Waals surface area contributed by atoms with E-state index in [1.54, 1.807) is 7.11 Å². The van der Waals surface area contributed by atoms with Gasteiger partial charge in [-0.2, -0.15) is 0 Å². The SMILES string of the molecule is COc1cc(N2CCN(C[C@@H]3C[C@H]3c3ccccc3)CC2)ccc1Br. The highest BCUT2D eigenvalue weighted by Crippen LogP contribution is 2.47. The van der Waals surface area contributed by atoms with Crippen LogP contribution in [-0.4, -0.2) is 44.7 Å². The molecule has 1 saturated heterocycles. The van der Waals surface area contributed by atoms with E-state index >= 15 is 0 Å². The fourth-order valence-corrected chi connectivity index (χ4v) is 4.33. The van der Waals surface area contributed by atoms with Gasteiger partial charge in [0.05, 0.1) is 11.6 Å². The Morgan fingerprint density at radius 2 is 1.80 bits per heavy atom. The Balaban J connectivity index is 1.29. The molecule has 132 valence electrons. The Morgan fingerprint density at radius 1 is 1.04 bits per heavy atom. The van der Waals surface area contributed by atoms with Crippen molar-refractivity contribution < 1.29 is 4.74 Å². The maximum Gasteiger partial charge on any atom is 0.135 e. The average Bonchev–Trinajstić information content (AvgIpc) is 3.43. The molecule has 2 aromatic rings. The number of ether oxygens (including phenoxy) is 1. The topological polar surface area (TPSA) is 15.7 Å². The summed E-state index contributed by atoms with van der Waals surface area (Å²) in [4.78, 5) is 5.10. The molecule has 2 aliphatic rings. The summed E-state index contributed by atoms with van der Waals surface area (Å²) in [6.45, 7) is 5.73. The van der Waals surface area contributed by atoms with Crippen molar-refractivity contribution in [3.8, 4) is 5.75 Å². The zero-order valence-electron chi connectivity index (χ0n) is 14.7. The van der Waals surface area contributed by atoms with Crippen LogP contribution in [0.25, 0.3) is 0 Å². The van der Waals surface area contributed by atoms with Crippen molar-refractivity contribution in [3.05, 3.63) is 58.6 Å². The lowest BCUT2D eigenvalue weighted by Gasteiger charge is -2.36. The van der Waals surface area contributed by atoms with Crippen molar-refractivity contribution >= 4 is 21.6 Å². The van der Waals surface area contributed by atoms with Gasteiger partial charge in [-0.25, -0.2) is 0 Å². The maximum absolute atomic E-state index is 5.43. The average molecular weight is 401 g/mol. The van der Waals surface area contributed by atoms with Crippen molar-refractivity contribution in [1.82, 2.24) is 4.90 Å². The number of piperazine rings is 1. The van der Waals surface area contributed by atoms with Crippen molar-refractivity contribution in [2.24, 2.45) is 5.92 Å². The summed E-state index contributed by atoms with van der Waals surface area (Å²) in [6.07, 6.45) is 1.36. The van der Waals surface area contributed by atoms with E-state index in [-0.39, 0.29) is 0 Å². The number of nitrogens with zero attached hydrogens (tertiary/aromatic N) is 2. The van der Waals surface area contributed by atoms with E-state index in [9.17, 15) is 0 Å². The van der Waals surface area contributed by atoms with E-state index in [0.29, 0.717) is 0 Å². The molecule has 0 spiro atoms. The highest BCUT2D eigenvalue weighted by Gasteiger charge is 2.39. The van der Waals surface area contributed by atoms with Crippen molar-refractivity contribution in [2.45, 2.75) is 12.3 Å². The van der Waals surface area contributed by atoms with Crippen molar-refractivity contribution in [3.63, 3.8) is 0 Å². The van der Waals surface area contributed by atoms with Crippen LogP contribution in [-0.2, 0) is 0 Å². The van der Waals surface area contributed by atoms with Crippen LogP contribution in [0.15, 0.2) is 53.0 Å². The molecule has 0 amide bonds. The van der Waals surface area contributed by atoms with Gasteiger partial charge in [-0.1, -0.05) is 30.3 Å². The van der Waals surface area contributed by atoms with E-state index in [2.05, 4.69) is 74.3 Å². The largest absolute Gasteiger partial charge is 0.495 e. The Labute approximate surface area is 158 Å². The van der Waals surface area contributed by atoms with Crippen molar-refractivity contribution in [2.75, 3.05) is 44.7 Å². The minimum atomic E-state index is 0.787. The minimum Gasteiger partial charge on any atom is -0.495 e. The Hall–Kier alpha value is -1.52. The Kier molecular flexibility index (Phi) is 5.00. The maximum atomic E-state index is 5.43. The van der Waals surface area contributed by atoms with Crippen LogP contribution >= 0.6 is 15.9 Å². The van der Waals surface area contributed by atoms with Gasteiger partial charge in [0.1, 0.15) is 5.75 Å². The first-order valence-electron chi connectivity index (χ1n) is 9.10. The Bertz CT molecular complexity index is 713. The summed E-state index contributed by atoms with van der Waals surface area (Å²) in [5, 5.41) is 0. The van der Waals surface area contributed by atoms with Gasteiger partial charge in [0.15, 0.2) is 0 Å². The van der Waals surface area contributed by atoms with Crippen LogP contribution in [0.4, 0.5) is 5.69 Å². The fourth-order valence-electron chi connectivity index (χ4n) is 3.92. The third-order valence-electron chi connectivity index (χ3n) is 5.52. The summed E-state index contributed by atoms with van der Waals surface area (Å²) in [6, 6.07) is 17.4. The molecule has 1 aliphatic heterocycles. The number of hydrogen-bond donors (Lipinski definition) is 0. The van der Waals surface area contributed by atoms with Crippen LogP contribution in [0.1, 0.15) is 17.9 Å². The molecule has 2 aromatic carbocycles. The van der Waals surface area contributed by atoms with E-state index < -0.39 is 0 Å². The minimum absolute atomic E-state index is 0.787. The van der Waals surface area contributed by atoms with E-state index in [0.717, 1.165) is 48.2 Å². The number of benzene rings is 2. The first-order valence-corrected chi connectivity index (χ1v) is 9.89. The van der Waals surface area contributed by atoms with Gasteiger partial charge in [-0.3, -0.25) is 4.90 Å². The number of methoxy groups -OCH3 is 1. The van der Waals surface area contributed by atoms with Crippen molar-refractivity contribution in [1.29, 1.82) is 0 Å². The second-order valence-electron chi connectivity index (χ2n) is 7.12. The molecular weight excluding hydrogens is 376 g/mol. The molecule has 0 unspecified atom stereocenters. The molecule has 0 bridgehead atoms. The summed E-state index contributed by atoms with van der Waals surface area (Å²) < 4.78 is 6.44. The van der Waals surface area contributed by atoms with Gasteiger partial charge in [0.2, 0.25) is 0 Å². The molecule has 4 heteroatoms. The lowest BCUT2D eigenvalue weighted by Crippen LogP contribution is -2.47. The third kappa shape index (κ3) is 3.85. The van der Waals surface area contributed by atoms with Crippen LogP contribution in [0.5, 0.6) is 5.75 Å². The quantitative estimate of drug-likeness (QED) is 0.740. The monoisotopic (exact) mass is 400 g/mol. The van der Waals surface area contributed by atoms with Gasteiger partial charge in [-0.05, 0) is 51.9 Å². The molecule has 0 aromatic heterocycles. The zero-order chi connectivity index (χ0) is 17.2. The summed E-state index contributed by atoms with van der Waals surface area (Å²) in [7, 11) is 1.72. The molecular formula is C21H25BrN2O. The summed E-state index contributed by atoms with van der Waals surface area (Å²) in [5.41, 5.74) is 2.78. The van der Waals surface area contributed by atoms with Gasteiger partial charge in [0, 0.05) is 44.5 Å².